The first-order chi connectivity index (χ1) is 17.3. The van der Waals surface area contributed by atoms with Gasteiger partial charge in [0.05, 0.1) is 17.1 Å². The summed E-state index contributed by atoms with van der Waals surface area (Å²) in [6.07, 6.45) is 0. The van der Waals surface area contributed by atoms with Gasteiger partial charge in [-0.1, -0.05) is 42.1 Å². The van der Waals surface area contributed by atoms with Crippen LogP contribution in [0.2, 0.25) is 0 Å². The first kappa shape index (κ1) is 25.3. The van der Waals surface area contributed by atoms with E-state index in [9.17, 15) is 9.59 Å². The minimum atomic E-state index is -0.287. The van der Waals surface area contributed by atoms with Gasteiger partial charge in [0.2, 0.25) is 5.91 Å². The summed E-state index contributed by atoms with van der Waals surface area (Å²) in [4.78, 5) is 25.8. The maximum atomic E-state index is 13.0. The molecule has 0 saturated heterocycles. The number of carbonyl (C=O) groups is 1. The lowest BCUT2D eigenvalue weighted by atomic mass is 10.1. The molecule has 0 aliphatic heterocycles. The van der Waals surface area contributed by atoms with Gasteiger partial charge in [-0.25, -0.2) is 4.68 Å². The van der Waals surface area contributed by atoms with Crippen LogP contribution >= 0.6 is 11.8 Å². The maximum absolute atomic E-state index is 13.0. The fourth-order valence-corrected chi connectivity index (χ4v) is 4.69. The van der Waals surface area contributed by atoms with Gasteiger partial charge in [-0.2, -0.15) is 0 Å². The van der Waals surface area contributed by atoms with E-state index in [4.69, 9.17) is 4.74 Å². The molecule has 1 amide bonds. The summed E-state index contributed by atoms with van der Waals surface area (Å²) >= 11 is 1.27. The van der Waals surface area contributed by atoms with Crippen molar-refractivity contribution in [1.29, 1.82) is 0 Å². The molecule has 0 bridgehead atoms. The Morgan fingerprint density at radius 3 is 2.56 bits per heavy atom. The second kappa shape index (κ2) is 10.9. The average molecular weight is 507 g/mol. The van der Waals surface area contributed by atoms with Crippen LogP contribution in [0.5, 0.6) is 5.75 Å². The number of para-hydroxylation sites is 1. The summed E-state index contributed by atoms with van der Waals surface area (Å²) in [5.41, 5.74) is 3.57. The number of nitrogens with one attached hydrogen (secondary N) is 1. The van der Waals surface area contributed by atoms with Crippen LogP contribution in [0.25, 0.3) is 5.69 Å². The topological polar surface area (TPSA) is 96.0 Å². The molecular formula is C26H30N6O3S. The van der Waals surface area contributed by atoms with E-state index in [0.29, 0.717) is 23.2 Å². The van der Waals surface area contributed by atoms with Gasteiger partial charge in [-0.05, 0) is 57.0 Å². The second-order valence-electron chi connectivity index (χ2n) is 8.47. The monoisotopic (exact) mass is 506 g/mol. The normalized spacial score (nSPS) is 11.0. The summed E-state index contributed by atoms with van der Waals surface area (Å²) in [7, 11) is 1.79. The van der Waals surface area contributed by atoms with Crippen LogP contribution in [-0.2, 0) is 25.0 Å². The van der Waals surface area contributed by atoms with E-state index < -0.39 is 0 Å². The molecule has 2 heterocycles. The highest BCUT2D eigenvalue weighted by atomic mass is 32.2. The zero-order valence-corrected chi connectivity index (χ0v) is 21.9. The Morgan fingerprint density at radius 2 is 1.83 bits per heavy atom. The third-order valence-corrected chi connectivity index (χ3v) is 6.93. The van der Waals surface area contributed by atoms with Crippen LogP contribution in [0.4, 0.5) is 5.69 Å². The second-order valence-corrected chi connectivity index (χ2v) is 9.42. The molecule has 36 heavy (non-hydrogen) atoms. The summed E-state index contributed by atoms with van der Waals surface area (Å²) < 4.78 is 11.2. The van der Waals surface area contributed by atoms with E-state index in [1.54, 1.807) is 18.7 Å². The molecule has 1 N–H and O–H groups in total. The zero-order valence-electron chi connectivity index (χ0n) is 21.1. The molecule has 0 atom stereocenters. The summed E-state index contributed by atoms with van der Waals surface area (Å²) in [5, 5.41) is 11.9. The van der Waals surface area contributed by atoms with Gasteiger partial charge < -0.3 is 14.6 Å². The van der Waals surface area contributed by atoms with Gasteiger partial charge in [0, 0.05) is 13.6 Å². The number of hydrogen-bond acceptors (Lipinski definition) is 6. The Bertz CT molecular complexity index is 1440. The van der Waals surface area contributed by atoms with Crippen molar-refractivity contribution < 1.29 is 9.53 Å². The Balaban J connectivity index is 1.43. The van der Waals surface area contributed by atoms with Crippen molar-refractivity contribution >= 4 is 23.4 Å². The van der Waals surface area contributed by atoms with Gasteiger partial charge in [-0.15, -0.1) is 10.2 Å². The summed E-state index contributed by atoms with van der Waals surface area (Å²) in [6.45, 7) is 8.74. The summed E-state index contributed by atoms with van der Waals surface area (Å²) in [6, 6.07) is 15.4. The molecule has 9 nitrogen and oxygen atoms in total. The quantitative estimate of drug-likeness (QED) is 0.345. The van der Waals surface area contributed by atoms with Crippen molar-refractivity contribution in [1.82, 2.24) is 24.1 Å². The molecule has 0 fully saturated rings. The number of anilines is 1. The van der Waals surface area contributed by atoms with Crippen molar-refractivity contribution in [3.8, 4) is 11.4 Å². The van der Waals surface area contributed by atoms with Crippen LogP contribution in [0.3, 0.4) is 0 Å². The van der Waals surface area contributed by atoms with Gasteiger partial charge in [0.25, 0.3) is 5.56 Å². The van der Waals surface area contributed by atoms with Crippen LogP contribution in [0.15, 0.2) is 58.5 Å². The molecule has 188 valence electrons. The maximum Gasteiger partial charge on any atom is 0.295 e. The molecule has 0 saturated carbocycles. The third kappa shape index (κ3) is 5.23. The number of ether oxygens (including phenoxy) is 1. The highest BCUT2D eigenvalue weighted by molar-refractivity contribution is 7.99. The standard InChI is InChI=1S/C26H30N6O3S/c1-6-31-22(15-35-21-14-17(2)12-13-18(21)3)28-29-26(31)36-16-23(33)27-24-19(4)30(5)32(25(24)34)20-10-8-7-9-11-20/h7-14H,6,15-16H2,1-5H3,(H,27,33). The fourth-order valence-electron chi connectivity index (χ4n) is 3.87. The van der Waals surface area contributed by atoms with E-state index >= 15 is 0 Å². The molecular weight excluding hydrogens is 476 g/mol. The minimum absolute atomic E-state index is 0.0924. The molecule has 2 aromatic heterocycles. The van der Waals surface area contributed by atoms with Gasteiger partial charge in [-0.3, -0.25) is 14.3 Å². The van der Waals surface area contributed by atoms with Gasteiger partial charge >= 0.3 is 0 Å². The smallest absolute Gasteiger partial charge is 0.295 e. The van der Waals surface area contributed by atoms with E-state index in [2.05, 4.69) is 15.5 Å². The number of rotatable bonds is 9. The number of hydrogen-bond donors (Lipinski definition) is 1. The Hall–Kier alpha value is -3.79. The number of aromatic nitrogens is 5. The SMILES string of the molecule is CCn1c(COc2cc(C)ccc2C)nnc1SCC(=O)Nc1c(C)n(C)n(-c2ccccc2)c1=O. The number of nitrogens with zero attached hydrogens (tertiary/aromatic N) is 5. The molecule has 4 rings (SSSR count). The zero-order chi connectivity index (χ0) is 25.8. The lowest BCUT2D eigenvalue weighted by molar-refractivity contribution is -0.113. The molecule has 0 aliphatic carbocycles. The molecule has 0 radical (unpaired) electrons. The predicted octanol–water partition coefficient (Wildman–Crippen LogP) is 4.02. The Labute approximate surface area is 214 Å². The number of amides is 1. The van der Waals surface area contributed by atoms with Crippen LogP contribution in [0, 0.1) is 20.8 Å². The first-order valence-electron chi connectivity index (χ1n) is 11.7. The summed E-state index contributed by atoms with van der Waals surface area (Å²) in [5.74, 6) is 1.30. The molecule has 2 aromatic carbocycles. The largest absolute Gasteiger partial charge is 0.485 e. The lowest BCUT2D eigenvalue weighted by Gasteiger charge is -2.11. The molecule has 0 spiro atoms. The van der Waals surface area contributed by atoms with E-state index in [1.165, 1.54) is 16.4 Å². The van der Waals surface area contributed by atoms with Crippen LogP contribution < -0.4 is 15.6 Å². The van der Waals surface area contributed by atoms with Crippen molar-refractivity contribution in [2.24, 2.45) is 7.05 Å². The van der Waals surface area contributed by atoms with Crippen molar-refractivity contribution in [2.45, 2.75) is 46.0 Å². The highest BCUT2D eigenvalue weighted by Gasteiger charge is 2.19. The van der Waals surface area contributed by atoms with Crippen molar-refractivity contribution in [3.05, 3.63) is 81.5 Å². The number of thioether (sulfide) groups is 1. The van der Waals surface area contributed by atoms with Gasteiger partial charge in [0.1, 0.15) is 18.0 Å². The fraction of sp³-hybridized carbons (Fsp3) is 0.308. The lowest BCUT2D eigenvalue weighted by Crippen LogP contribution is -2.23. The van der Waals surface area contributed by atoms with Crippen molar-refractivity contribution in [2.75, 3.05) is 11.1 Å². The van der Waals surface area contributed by atoms with Gasteiger partial charge in [0.15, 0.2) is 11.0 Å². The first-order valence-corrected chi connectivity index (χ1v) is 12.7. The van der Waals surface area contributed by atoms with Crippen LogP contribution in [-0.4, -0.2) is 35.8 Å². The number of aryl methyl sites for hydroxylation is 2. The van der Waals surface area contributed by atoms with E-state index in [-0.39, 0.29) is 29.5 Å². The molecule has 0 aliphatic rings. The number of benzene rings is 2. The molecule has 4 aromatic rings. The number of carbonyl (C=O) groups excluding carboxylic acids is 1. The predicted molar refractivity (Wildman–Crippen MR) is 141 cm³/mol. The highest BCUT2D eigenvalue weighted by Crippen LogP contribution is 2.22. The van der Waals surface area contributed by atoms with Crippen LogP contribution in [0.1, 0.15) is 29.6 Å². The minimum Gasteiger partial charge on any atom is -0.485 e. The van der Waals surface area contributed by atoms with E-state index in [1.807, 2.05) is 73.9 Å². The molecule has 10 heteroatoms. The third-order valence-electron chi connectivity index (χ3n) is 5.96. The average Bonchev–Trinajstić information content (AvgIpc) is 3.36. The molecule has 0 unspecified atom stereocenters. The Kier molecular flexibility index (Phi) is 7.64. The Morgan fingerprint density at radius 1 is 1.08 bits per heavy atom. The van der Waals surface area contributed by atoms with Crippen molar-refractivity contribution in [3.63, 3.8) is 0 Å². The van der Waals surface area contributed by atoms with E-state index in [0.717, 1.165) is 22.6 Å².